The van der Waals surface area contributed by atoms with Crippen LogP contribution >= 0.6 is 23.6 Å². The molecule has 0 fully saturated rings. The van der Waals surface area contributed by atoms with E-state index in [4.69, 9.17) is 17.0 Å². The predicted molar refractivity (Wildman–Crippen MR) is 107 cm³/mol. The lowest BCUT2D eigenvalue weighted by atomic mass is 10.2. The van der Waals surface area contributed by atoms with Gasteiger partial charge in [0.15, 0.2) is 4.77 Å². The molecule has 0 bridgehead atoms. The summed E-state index contributed by atoms with van der Waals surface area (Å²) in [7, 11) is 0. The van der Waals surface area contributed by atoms with Crippen molar-refractivity contribution in [3.8, 4) is 5.75 Å². The summed E-state index contributed by atoms with van der Waals surface area (Å²) in [5, 5.41) is 0.742. The Kier molecular flexibility index (Phi) is 5.71. The fraction of sp³-hybridized carbons (Fsp3) is 0.368. The van der Waals surface area contributed by atoms with Gasteiger partial charge in [-0.05, 0) is 62.2 Å². The van der Waals surface area contributed by atoms with Crippen molar-refractivity contribution in [1.82, 2.24) is 9.55 Å². The van der Waals surface area contributed by atoms with Gasteiger partial charge in [0.25, 0.3) is 5.56 Å². The van der Waals surface area contributed by atoms with Gasteiger partial charge in [-0.1, -0.05) is 19.1 Å². The first-order chi connectivity index (χ1) is 12.1. The van der Waals surface area contributed by atoms with Crippen molar-refractivity contribution in [1.29, 1.82) is 0 Å². The normalized spacial score (nSPS) is 11.1. The van der Waals surface area contributed by atoms with Gasteiger partial charge in [0, 0.05) is 11.4 Å². The number of aromatic amines is 1. The molecular weight excluding hydrogens is 352 g/mol. The topological polar surface area (TPSA) is 47.0 Å². The third-order valence-electron chi connectivity index (χ3n) is 4.11. The highest BCUT2D eigenvalue weighted by Gasteiger charge is 2.09. The van der Waals surface area contributed by atoms with Crippen LogP contribution in [-0.4, -0.2) is 16.2 Å². The smallest absolute Gasteiger partial charge is 0.263 e. The van der Waals surface area contributed by atoms with Crippen LogP contribution in [0.25, 0.3) is 10.2 Å². The number of ether oxygens (including phenoxy) is 1. The Morgan fingerprint density at radius 1 is 1.28 bits per heavy atom. The summed E-state index contributed by atoms with van der Waals surface area (Å²) in [6, 6.07) is 10.0. The van der Waals surface area contributed by atoms with Crippen molar-refractivity contribution in [2.45, 2.75) is 39.7 Å². The largest absolute Gasteiger partial charge is 0.494 e. The Bertz CT molecular complexity index is 985. The van der Waals surface area contributed by atoms with Gasteiger partial charge in [0.1, 0.15) is 10.6 Å². The van der Waals surface area contributed by atoms with E-state index in [0.717, 1.165) is 35.2 Å². The molecule has 6 heteroatoms. The molecule has 2 aromatic heterocycles. The first kappa shape index (κ1) is 17.9. The number of rotatable bonds is 7. The molecule has 3 aromatic rings. The average Bonchev–Trinajstić information content (AvgIpc) is 3.00. The Balaban J connectivity index is 1.61. The number of thiophene rings is 1. The van der Waals surface area contributed by atoms with E-state index in [1.807, 2.05) is 37.3 Å². The number of aryl methyl sites for hydroxylation is 2. The van der Waals surface area contributed by atoms with Gasteiger partial charge in [0.05, 0.1) is 12.0 Å². The van der Waals surface area contributed by atoms with Crippen LogP contribution < -0.4 is 10.3 Å². The first-order valence-electron chi connectivity index (χ1n) is 8.53. The second-order valence-corrected chi connectivity index (χ2v) is 7.59. The molecule has 25 heavy (non-hydrogen) atoms. The molecule has 0 spiro atoms. The maximum absolute atomic E-state index is 12.7. The number of fused-ring (bicyclic) bond motifs is 1. The molecular formula is C19H22N2O2S2. The molecule has 0 saturated heterocycles. The summed E-state index contributed by atoms with van der Waals surface area (Å²) >= 11 is 6.97. The minimum Gasteiger partial charge on any atom is -0.494 e. The SMILES string of the molecule is CCc1cc2c(=O)n(CCCCOc3cccc(C)c3)c(=S)[nH]c2s1. The molecule has 1 N–H and O–H groups in total. The van der Waals surface area contributed by atoms with Gasteiger partial charge in [0.2, 0.25) is 0 Å². The molecule has 0 unspecified atom stereocenters. The third-order valence-corrected chi connectivity index (χ3v) is 5.62. The summed E-state index contributed by atoms with van der Waals surface area (Å²) < 4.78 is 7.92. The van der Waals surface area contributed by atoms with Crippen LogP contribution in [0, 0.1) is 11.7 Å². The van der Waals surface area contributed by atoms with Gasteiger partial charge in [-0.15, -0.1) is 11.3 Å². The minimum absolute atomic E-state index is 0.00861. The average molecular weight is 375 g/mol. The van der Waals surface area contributed by atoms with E-state index in [9.17, 15) is 4.79 Å². The number of H-pyrrole nitrogens is 1. The van der Waals surface area contributed by atoms with Crippen LogP contribution in [0.5, 0.6) is 5.75 Å². The van der Waals surface area contributed by atoms with Crippen molar-refractivity contribution < 1.29 is 4.74 Å². The Morgan fingerprint density at radius 3 is 2.88 bits per heavy atom. The predicted octanol–water partition coefficient (Wildman–Crippen LogP) is 4.85. The number of nitrogens with zero attached hydrogens (tertiary/aromatic N) is 1. The zero-order valence-electron chi connectivity index (χ0n) is 14.5. The van der Waals surface area contributed by atoms with Crippen LogP contribution in [0.4, 0.5) is 0 Å². The lowest BCUT2D eigenvalue weighted by Crippen LogP contribution is -2.21. The van der Waals surface area contributed by atoms with Crippen LogP contribution in [-0.2, 0) is 13.0 Å². The van der Waals surface area contributed by atoms with E-state index in [-0.39, 0.29) is 5.56 Å². The molecule has 1 aromatic carbocycles. The minimum atomic E-state index is 0.00861. The van der Waals surface area contributed by atoms with Gasteiger partial charge in [-0.25, -0.2) is 0 Å². The number of hydrogen-bond donors (Lipinski definition) is 1. The standard InChI is InChI=1S/C19H22N2O2S2/c1-3-15-12-16-17(25-15)20-19(24)21(18(16)22)9-4-5-10-23-14-8-6-7-13(2)11-14/h6-8,11-12H,3-5,9-10H2,1-2H3,(H,20,24). The summed E-state index contributed by atoms with van der Waals surface area (Å²) in [6.45, 7) is 5.38. The summed E-state index contributed by atoms with van der Waals surface area (Å²) in [6.07, 6.45) is 2.65. The van der Waals surface area contributed by atoms with E-state index in [1.54, 1.807) is 15.9 Å². The van der Waals surface area contributed by atoms with Gasteiger partial charge in [-0.3, -0.25) is 9.36 Å². The van der Waals surface area contributed by atoms with Crippen LogP contribution in [0.2, 0.25) is 0 Å². The second-order valence-electron chi connectivity index (χ2n) is 6.07. The molecule has 0 aliphatic rings. The van der Waals surface area contributed by atoms with Crippen molar-refractivity contribution in [3.05, 3.63) is 55.9 Å². The third kappa shape index (κ3) is 4.19. The maximum atomic E-state index is 12.7. The number of unbranched alkanes of at least 4 members (excludes halogenated alkanes) is 1. The lowest BCUT2D eigenvalue weighted by molar-refractivity contribution is 0.302. The molecule has 3 rings (SSSR count). The van der Waals surface area contributed by atoms with Crippen molar-refractivity contribution >= 4 is 33.8 Å². The molecule has 0 aliphatic carbocycles. The zero-order valence-corrected chi connectivity index (χ0v) is 16.1. The van der Waals surface area contributed by atoms with Crippen LogP contribution in [0.1, 0.15) is 30.2 Å². The van der Waals surface area contributed by atoms with Gasteiger partial charge < -0.3 is 9.72 Å². The summed E-state index contributed by atoms with van der Waals surface area (Å²) in [4.78, 5) is 17.9. The Hall–Kier alpha value is -1.92. The van der Waals surface area contributed by atoms with E-state index in [2.05, 4.69) is 11.9 Å². The molecule has 0 aliphatic heterocycles. The van der Waals surface area contributed by atoms with Crippen LogP contribution in [0.3, 0.4) is 0 Å². The van der Waals surface area contributed by atoms with Gasteiger partial charge in [-0.2, -0.15) is 0 Å². The molecule has 2 heterocycles. The quantitative estimate of drug-likeness (QED) is 0.475. The number of nitrogens with one attached hydrogen (secondary N) is 1. The van der Waals surface area contributed by atoms with Crippen molar-refractivity contribution in [2.24, 2.45) is 0 Å². The van der Waals surface area contributed by atoms with E-state index in [0.29, 0.717) is 17.9 Å². The fourth-order valence-corrected chi connectivity index (χ4v) is 4.07. The molecule has 132 valence electrons. The fourth-order valence-electron chi connectivity index (χ4n) is 2.74. The summed E-state index contributed by atoms with van der Waals surface area (Å²) in [5.74, 6) is 0.890. The molecule has 0 amide bonds. The lowest BCUT2D eigenvalue weighted by Gasteiger charge is -2.08. The van der Waals surface area contributed by atoms with E-state index >= 15 is 0 Å². The monoisotopic (exact) mass is 374 g/mol. The molecule has 0 radical (unpaired) electrons. The first-order valence-corrected chi connectivity index (χ1v) is 9.76. The van der Waals surface area contributed by atoms with Crippen molar-refractivity contribution in [3.63, 3.8) is 0 Å². The molecule has 4 nitrogen and oxygen atoms in total. The van der Waals surface area contributed by atoms with E-state index in [1.165, 1.54) is 10.4 Å². The van der Waals surface area contributed by atoms with Crippen LogP contribution in [0.15, 0.2) is 35.1 Å². The van der Waals surface area contributed by atoms with Gasteiger partial charge >= 0.3 is 0 Å². The maximum Gasteiger partial charge on any atom is 0.263 e. The Morgan fingerprint density at radius 2 is 2.12 bits per heavy atom. The zero-order chi connectivity index (χ0) is 17.8. The number of hydrogen-bond acceptors (Lipinski definition) is 4. The molecule has 0 atom stereocenters. The second kappa shape index (κ2) is 7.97. The Labute approximate surface area is 156 Å². The highest BCUT2D eigenvalue weighted by Crippen LogP contribution is 2.21. The summed E-state index contributed by atoms with van der Waals surface area (Å²) in [5.41, 5.74) is 1.19. The highest BCUT2D eigenvalue weighted by molar-refractivity contribution is 7.71. The molecule has 0 saturated carbocycles. The van der Waals surface area contributed by atoms with Crippen molar-refractivity contribution in [2.75, 3.05) is 6.61 Å². The number of aromatic nitrogens is 2. The highest BCUT2D eigenvalue weighted by atomic mass is 32.1. The van der Waals surface area contributed by atoms with E-state index < -0.39 is 0 Å². The number of benzene rings is 1.